The van der Waals surface area contributed by atoms with Crippen molar-refractivity contribution in [3.63, 3.8) is 0 Å². The van der Waals surface area contributed by atoms with Crippen molar-refractivity contribution in [2.45, 2.75) is 59.4 Å². The van der Waals surface area contributed by atoms with Crippen LogP contribution in [0.3, 0.4) is 0 Å². The Kier molecular flexibility index (Phi) is 7.46. The molecule has 0 saturated carbocycles. The normalized spacial score (nSPS) is 15.5. The summed E-state index contributed by atoms with van der Waals surface area (Å²) >= 11 is 0. The Bertz CT molecular complexity index is 799. The molecule has 1 fully saturated rings. The molecule has 0 radical (unpaired) electrons. The van der Waals surface area contributed by atoms with E-state index in [1.165, 1.54) is 0 Å². The summed E-state index contributed by atoms with van der Waals surface area (Å²) < 4.78 is 7.83. The summed E-state index contributed by atoms with van der Waals surface area (Å²) in [7, 11) is 0. The number of imidazole rings is 1. The van der Waals surface area contributed by atoms with Crippen LogP contribution in [0.5, 0.6) is 0 Å². The Hall–Kier alpha value is -1.65. The first-order valence-corrected chi connectivity index (χ1v) is 10.1. The fourth-order valence-electron chi connectivity index (χ4n) is 3.66. The van der Waals surface area contributed by atoms with Gasteiger partial charge in [0.1, 0.15) is 5.82 Å². The fourth-order valence-corrected chi connectivity index (χ4v) is 3.66. The van der Waals surface area contributed by atoms with Gasteiger partial charge >= 0.3 is 0 Å². The second-order valence-corrected chi connectivity index (χ2v) is 9.01. The maximum absolute atomic E-state index is 12.4. The quantitative estimate of drug-likeness (QED) is 0.615. The number of nitrogens with zero attached hydrogens (tertiary/aromatic N) is 2. The van der Waals surface area contributed by atoms with E-state index in [0.717, 1.165) is 55.2 Å². The molecule has 0 spiro atoms. The van der Waals surface area contributed by atoms with Crippen LogP contribution in [0.15, 0.2) is 30.5 Å². The Morgan fingerprint density at radius 1 is 1.25 bits per heavy atom. The van der Waals surface area contributed by atoms with Crippen LogP contribution in [0.2, 0.25) is 0 Å². The van der Waals surface area contributed by atoms with Gasteiger partial charge in [-0.2, -0.15) is 0 Å². The largest absolute Gasteiger partial charge is 0.381 e. The van der Waals surface area contributed by atoms with Crippen molar-refractivity contribution >= 4 is 18.2 Å². The zero-order valence-corrected chi connectivity index (χ0v) is 18.5. The second-order valence-electron chi connectivity index (χ2n) is 9.01. The molecule has 0 amide bonds. The van der Waals surface area contributed by atoms with Gasteiger partial charge in [-0.3, -0.25) is 4.79 Å². The smallest absolute Gasteiger partial charge is 0.165 e. The van der Waals surface area contributed by atoms with Gasteiger partial charge in [0.05, 0.1) is 5.69 Å². The number of hydrogen-bond donors (Lipinski definition) is 0. The van der Waals surface area contributed by atoms with Crippen molar-refractivity contribution in [1.82, 2.24) is 9.55 Å². The molecule has 0 atom stereocenters. The monoisotopic (exact) mass is 404 g/mol. The van der Waals surface area contributed by atoms with E-state index < -0.39 is 0 Å². The molecule has 5 heteroatoms. The van der Waals surface area contributed by atoms with E-state index in [-0.39, 0.29) is 29.5 Å². The number of rotatable bonds is 5. The van der Waals surface area contributed by atoms with Gasteiger partial charge in [0.15, 0.2) is 5.78 Å². The topological polar surface area (TPSA) is 44.1 Å². The Balaban J connectivity index is 0.00000280. The zero-order chi connectivity index (χ0) is 19.6. The van der Waals surface area contributed by atoms with E-state index in [0.29, 0.717) is 5.92 Å². The van der Waals surface area contributed by atoms with Crippen molar-refractivity contribution in [3.05, 3.63) is 41.9 Å². The third kappa shape index (κ3) is 5.24. The molecule has 4 nitrogen and oxygen atoms in total. The van der Waals surface area contributed by atoms with Gasteiger partial charge in [-0.25, -0.2) is 4.98 Å². The lowest BCUT2D eigenvalue weighted by atomic mass is 9.94. The molecule has 2 aromatic rings. The number of ether oxygens (including phenoxy) is 1. The van der Waals surface area contributed by atoms with Crippen LogP contribution in [0, 0.1) is 11.8 Å². The molecule has 1 aliphatic rings. The van der Waals surface area contributed by atoms with Crippen molar-refractivity contribution < 1.29 is 9.53 Å². The van der Waals surface area contributed by atoms with Crippen LogP contribution in [0.25, 0.3) is 11.3 Å². The highest BCUT2D eigenvalue weighted by atomic mass is 35.5. The summed E-state index contributed by atoms with van der Waals surface area (Å²) in [6.45, 7) is 13.2. The number of Topliss-reactive ketones (excluding diaryl/α,β-unsaturated/α-hetero) is 1. The number of hydrogen-bond acceptors (Lipinski definition) is 3. The molecule has 28 heavy (non-hydrogen) atoms. The Morgan fingerprint density at radius 2 is 1.93 bits per heavy atom. The predicted molar refractivity (Wildman–Crippen MR) is 116 cm³/mol. The van der Waals surface area contributed by atoms with Crippen LogP contribution in [0.1, 0.15) is 63.6 Å². The first-order chi connectivity index (χ1) is 12.8. The minimum Gasteiger partial charge on any atom is -0.381 e. The van der Waals surface area contributed by atoms with Gasteiger partial charge in [-0.1, -0.05) is 52.8 Å². The lowest BCUT2D eigenvalue weighted by Crippen LogP contribution is -2.24. The van der Waals surface area contributed by atoms with E-state index in [2.05, 4.69) is 31.5 Å². The molecule has 1 aromatic heterocycles. The summed E-state index contributed by atoms with van der Waals surface area (Å²) in [5, 5.41) is 0. The maximum Gasteiger partial charge on any atom is 0.165 e. The molecular formula is C23H33ClN2O2. The van der Waals surface area contributed by atoms with E-state index in [4.69, 9.17) is 9.72 Å². The summed E-state index contributed by atoms with van der Waals surface area (Å²) in [5.41, 5.74) is 2.69. The van der Waals surface area contributed by atoms with E-state index >= 15 is 0 Å². The second kappa shape index (κ2) is 9.23. The summed E-state index contributed by atoms with van der Waals surface area (Å²) in [6.07, 6.45) is 4.37. The SMILES string of the molecule is CC(C)C(=O)c1cccc(-c2cn(CC3CCOCC3)c(C(C)(C)C)n2)c1.Cl. The first kappa shape index (κ1) is 22.6. The number of aromatic nitrogens is 2. The number of benzene rings is 1. The minimum atomic E-state index is -0.0330. The minimum absolute atomic E-state index is 0. The number of carbonyl (C=O) groups excluding carboxylic acids is 1. The number of halogens is 1. The lowest BCUT2D eigenvalue weighted by Gasteiger charge is -2.25. The number of carbonyl (C=O) groups is 1. The van der Waals surface area contributed by atoms with Gasteiger partial charge in [-0.05, 0) is 24.8 Å². The Morgan fingerprint density at radius 3 is 2.54 bits per heavy atom. The van der Waals surface area contributed by atoms with Crippen LogP contribution in [-0.4, -0.2) is 28.5 Å². The third-order valence-electron chi connectivity index (χ3n) is 5.21. The molecule has 0 aliphatic carbocycles. The van der Waals surface area contributed by atoms with Gasteiger partial charge < -0.3 is 9.30 Å². The van der Waals surface area contributed by atoms with Crippen LogP contribution >= 0.6 is 12.4 Å². The maximum atomic E-state index is 12.4. The van der Waals surface area contributed by atoms with Crippen molar-refractivity contribution in [3.8, 4) is 11.3 Å². The van der Waals surface area contributed by atoms with Crippen LogP contribution in [0.4, 0.5) is 0 Å². The Labute approximate surface area is 175 Å². The molecule has 1 aromatic carbocycles. The summed E-state index contributed by atoms with van der Waals surface area (Å²) in [5.74, 6) is 1.91. The van der Waals surface area contributed by atoms with Gasteiger partial charge in [-0.15, -0.1) is 12.4 Å². The van der Waals surface area contributed by atoms with Crippen molar-refractivity contribution in [2.75, 3.05) is 13.2 Å². The molecule has 0 bridgehead atoms. The summed E-state index contributed by atoms with van der Waals surface area (Å²) in [4.78, 5) is 17.4. The van der Waals surface area contributed by atoms with Gasteiger partial charge in [0.2, 0.25) is 0 Å². The molecule has 3 rings (SSSR count). The fraction of sp³-hybridized carbons (Fsp3) is 0.565. The highest BCUT2D eigenvalue weighted by Crippen LogP contribution is 2.29. The highest BCUT2D eigenvalue weighted by molar-refractivity contribution is 5.98. The lowest BCUT2D eigenvalue weighted by molar-refractivity contribution is 0.0607. The third-order valence-corrected chi connectivity index (χ3v) is 5.21. The van der Waals surface area contributed by atoms with Crippen molar-refractivity contribution in [1.29, 1.82) is 0 Å². The molecule has 1 saturated heterocycles. The molecule has 154 valence electrons. The molecule has 1 aliphatic heterocycles. The van der Waals surface area contributed by atoms with E-state index in [1.807, 2.05) is 38.1 Å². The van der Waals surface area contributed by atoms with Crippen LogP contribution < -0.4 is 0 Å². The molecule has 2 heterocycles. The van der Waals surface area contributed by atoms with Gasteiger partial charge in [0.25, 0.3) is 0 Å². The average molecular weight is 405 g/mol. The van der Waals surface area contributed by atoms with Crippen molar-refractivity contribution in [2.24, 2.45) is 11.8 Å². The average Bonchev–Trinajstić information content (AvgIpc) is 3.06. The van der Waals surface area contributed by atoms with Gasteiger partial charge in [0, 0.05) is 48.4 Å². The first-order valence-electron chi connectivity index (χ1n) is 10.1. The standard InChI is InChI=1S/C23H32N2O2.ClH/c1-16(2)21(26)19-8-6-7-18(13-19)20-15-25(22(24-20)23(3,4)5)14-17-9-11-27-12-10-17;/h6-8,13,15-17H,9-12,14H2,1-5H3;1H. The summed E-state index contributed by atoms with van der Waals surface area (Å²) in [6, 6.07) is 7.88. The highest BCUT2D eigenvalue weighted by Gasteiger charge is 2.25. The molecule has 0 unspecified atom stereocenters. The van der Waals surface area contributed by atoms with E-state index in [9.17, 15) is 4.79 Å². The zero-order valence-electron chi connectivity index (χ0n) is 17.7. The number of ketones is 1. The molecular weight excluding hydrogens is 372 g/mol. The van der Waals surface area contributed by atoms with E-state index in [1.54, 1.807) is 0 Å². The predicted octanol–water partition coefficient (Wildman–Crippen LogP) is 5.53. The molecule has 0 N–H and O–H groups in total. The van der Waals surface area contributed by atoms with Crippen LogP contribution in [-0.2, 0) is 16.7 Å².